The molecule has 0 unspecified atom stereocenters. The lowest BCUT2D eigenvalue weighted by atomic mass is 10.2. The van der Waals surface area contributed by atoms with Gasteiger partial charge in [-0.15, -0.1) is 0 Å². The Kier molecular flexibility index (Phi) is 6.51. The number of nitrogens with zero attached hydrogens (tertiary/aromatic N) is 1. The van der Waals surface area contributed by atoms with E-state index in [1.54, 1.807) is 24.3 Å². The van der Waals surface area contributed by atoms with E-state index in [4.69, 9.17) is 4.74 Å². The Hall–Kier alpha value is -3.61. The van der Waals surface area contributed by atoms with E-state index in [1.807, 2.05) is 51.1 Å². The van der Waals surface area contributed by atoms with Gasteiger partial charge in [-0.2, -0.15) is 0 Å². The summed E-state index contributed by atoms with van der Waals surface area (Å²) in [5.41, 5.74) is 2.47. The van der Waals surface area contributed by atoms with Crippen LogP contribution in [0.3, 0.4) is 0 Å². The minimum absolute atomic E-state index is 0.115. The lowest BCUT2D eigenvalue weighted by molar-refractivity contribution is -0.127. The van der Waals surface area contributed by atoms with Crippen LogP contribution in [0.25, 0.3) is 6.08 Å². The smallest absolute Gasteiger partial charge is 0.329 e. The molecule has 7 nitrogen and oxygen atoms in total. The minimum atomic E-state index is -0.623. The highest BCUT2D eigenvalue weighted by molar-refractivity contribution is 6.15. The van der Waals surface area contributed by atoms with Crippen molar-refractivity contribution in [2.75, 3.05) is 11.9 Å². The molecule has 0 spiro atoms. The van der Waals surface area contributed by atoms with E-state index in [0.29, 0.717) is 5.69 Å². The van der Waals surface area contributed by atoms with Gasteiger partial charge in [-0.05, 0) is 61.7 Å². The van der Waals surface area contributed by atoms with Crippen LogP contribution in [0.1, 0.15) is 31.4 Å². The number of anilines is 1. The van der Waals surface area contributed by atoms with E-state index < -0.39 is 17.8 Å². The van der Waals surface area contributed by atoms with Crippen LogP contribution in [-0.2, 0) is 9.59 Å². The number of amides is 4. The lowest BCUT2D eigenvalue weighted by Crippen LogP contribution is -2.38. The molecular formula is C23H25N3O4. The summed E-state index contributed by atoms with van der Waals surface area (Å²) in [5.74, 6) is -0.251. The molecule has 1 atom stereocenters. The molecule has 3 rings (SSSR count). The number of aryl methyl sites for hydroxylation is 1. The van der Waals surface area contributed by atoms with E-state index in [2.05, 4.69) is 10.6 Å². The van der Waals surface area contributed by atoms with Crippen LogP contribution in [0.15, 0.2) is 54.2 Å². The number of hydrogen-bond donors (Lipinski definition) is 2. The summed E-state index contributed by atoms with van der Waals surface area (Å²) in [6.07, 6.45) is 2.59. The zero-order chi connectivity index (χ0) is 21.7. The molecule has 1 aliphatic rings. The quantitative estimate of drug-likeness (QED) is 0.541. The minimum Gasteiger partial charge on any atom is -0.491 e. The zero-order valence-electron chi connectivity index (χ0n) is 17.3. The molecule has 0 saturated carbocycles. The van der Waals surface area contributed by atoms with Crippen molar-refractivity contribution < 1.29 is 19.1 Å². The van der Waals surface area contributed by atoms with Gasteiger partial charge in [-0.1, -0.05) is 31.2 Å². The molecule has 4 amide bonds. The second kappa shape index (κ2) is 9.26. The fourth-order valence-corrected chi connectivity index (χ4v) is 2.91. The first-order valence-corrected chi connectivity index (χ1v) is 9.83. The number of carbonyl (C=O) groups excluding carboxylic acids is 3. The normalized spacial score (nSPS) is 15.8. The average molecular weight is 407 g/mol. The summed E-state index contributed by atoms with van der Waals surface area (Å²) in [6, 6.07) is 13.9. The van der Waals surface area contributed by atoms with Gasteiger partial charge in [0.05, 0.1) is 6.10 Å². The average Bonchev–Trinajstić information content (AvgIpc) is 2.96. The maximum absolute atomic E-state index is 12.6. The van der Waals surface area contributed by atoms with Gasteiger partial charge < -0.3 is 15.4 Å². The molecule has 1 aliphatic heterocycles. The Balaban J connectivity index is 1.64. The Bertz CT molecular complexity index is 982. The summed E-state index contributed by atoms with van der Waals surface area (Å²) >= 11 is 0. The van der Waals surface area contributed by atoms with Gasteiger partial charge in [0.1, 0.15) is 18.0 Å². The van der Waals surface area contributed by atoms with Crippen LogP contribution in [0.2, 0.25) is 0 Å². The molecule has 30 heavy (non-hydrogen) atoms. The van der Waals surface area contributed by atoms with Crippen molar-refractivity contribution in [3.8, 4) is 5.75 Å². The lowest BCUT2D eigenvalue weighted by Gasteiger charge is -2.12. The van der Waals surface area contributed by atoms with Gasteiger partial charge in [0, 0.05) is 5.69 Å². The highest BCUT2D eigenvalue weighted by atomic mass is 16.5. The molecule has 1 saturated heterocycles. The van der Waals surface area contributed by atoms with Gasteiger partial charge >= 0.3 is 6.03 Å². The van der Waals surface area contributed by atoms with Crippen molar-refractivity contribution in [3.05, 3.63) is 65.4 Å². The molecule has 0 aliphatic carbocycles. The topological polar surface area (TPSA) is 87.7 Å². The van der Waals surface area contributed by atoms with Crippen LogP contribution >= 0.6 is 0 Å². The number of nitrogens with one attached hydrogen (secondary N) is 2. The number of carbonyl (C=O) groups is 3. The fourth-order valence-electron chi connectivity index (χ4n) is 2.91. The van der Waals surface area contributed by atoms with Gasteiger partial charge in [0.25, 0.3) is 5.91 Å². The first-order valence-electron chi connectivity index (χ1n) is 9.83. The third-order valence-corrected chi connectivity index (χ3v) is 4.67. The van der Waals surface area contributed by atoms with E-state index in [-0.39, 0.29) is 18.3 Å². The maximum atomic E-state index is 12.6. The van der Waals surface area contributed by atoms with Crippen molar-refractivity contribution in [1.29, 1.82) is 0 Å². The number of rotatable bonds is 7. The summed E-state index contributed by atoms with van der Waals surface area (Å²) in [7, 11) is 0. The third-order valence-electron chi connectivity index (χ3n) is 4.67. The molecule has 1 heterocycles. The first kappa shape index (κ1) is 21.1. The number of benzene rings is 2. The molecule has 2 aromatic carbocycles. The molecule has 2 aromatic rings. The molecule has 156 valence electrons. The van der Waals surface area contributed by atoms with Crippen molar-refractivity contribution >= 4 is 29.6 Å². The fraction of sp³-hybridized carbons (Fsp3) is 0.261. The van der Waals surface area contributed by atoms with Gasteiger partial charge in [0.2, 0.25) is 5.91 Å². The van der Waals surface area contributed by atoms with Crippen LogP contribution in [0.4, 0.5) is 10.5 Å². The van der Waals surface area contributed by atoms with Gasteiger partial charge in [-0.3, -0.25) is 9.59 Å². The second-order valence-corrected chi connectivity index (χ2v) is 7.20. The molecule has 0 aromatic heterocycles. The summed E-state index contributed by atoms with van der Waals surface area (Å²) in [6.45, 7) is 5.59. The van der Waals surface area contributed by atoms with Crippen LogP contribution in [0.5, 0.6) is 5.75 Å². The van der Waals surface area contributed by atoms with Crippen molar-refractivity contribution in [2.24, 2.45) is 0 Å². The predicted molar refractivity (Wildman–Crippen MR) is 115 cm³/mol. The highest BCUT2D eigenvalue weighted by Crippen LogP contribution is 2.19. The molecule has 0 radical (unpaired) electrons. The van der Waals surface area contributed by atoms with Gasteiger partial charge in [-0.25, -0.2) is 9.69 Å². The van der Waals surface area contributed by atoms with Crippen LogP contribution in [-0.4, -0.2) is 35.4 Å². The largest absolute Gasteiger partial charge is 0.491 e. The number of urea groups is 1. The van der Waals surface area contributed by atoms with Crippen molar-refractivity contribution in [1.82, 2.24) is 10.2 Å². The maximum Gasteiger partial charge on any atom is 0.329 e. The van der Waals surface area contributed by atoms with E-state index in [0.717, 1.165) is 28.2 Å². The molecule has 2 N–H and O–H groups in total. The van der Waals surface area contributed by atoms with E-state index in [9.17, 15) is 14.4 Å². The Morgan fingerprint density at radius 2 is 1.93 bits per heavy atom. The third kappa shape index (κ3) is 5.26. The van der Waals surface area contributed by atoms with E-state index >= 15 is 0 Å². The standard InChI is InChI=1S/C23H25N3O4/c1-4-16(3)30-19-10-8-17(9-11-19)13-20-22(28)26(23(29)25-20)14-21(27)24-18-7-5-6-15(2)12-18/h5-13,16H,4,14H2,1-3H3,(H,24,27)(H,25,29)/b20-13+/t16-/m1/s1. The number of ether oxygens (including phenoxy) is 1. The first-order chi connectivity index (χ1) is 14.4. The molecule has 0 bridgehead atoms. The van der Waals surface area contributed by atoms with Crippen LogP contribution in [0, 0.1) is 6.92 Å². The number of hydrogen-bond acceptors (Lipinski definition) is 4. The predicted octanol–water partition coefficient (Wildman–Crippen LogP) is 3.70. The summed E-state index contributed by atoms with van der Waals surface area (Å²) in [4.78, 5) is 37.9. The SMILES string of the molecule is CC[C@@H](C)Oc1ccc(/C=C2/NC(=O)N(CC(=O)Nc3cccc(C)c3)C2=O)cc1. The monoisotopic (exact) mass is 407 g/mol. The Labute approximate surface area is 175 Å². The van der Waals surface area contributed by atoms with Crippen molar-refractivity contribution in [3.63, 3.8) is 0 Å². The second-order valence-electron chi connectivity index (χ2n) is 7.20. The molecular weight excluding hydrogens is 382 g/mol. The molecule has 7 heteroatoms. The highest BCUT2D eigenvalue weighted by Gasteiger charge is 2.34. The summed E-state index contributed by atoms with van der Waals surface area (Å²) < 4.78 is 5.73. The van der Waals surface area contributed by atoms with Crippen LogP contribution < -0.4 is 15.4 Å². The summed E-state index contributed by atoms with van der Waals surface area (Å²) in [5, 5.41) is 5.22. The Morgan fingerprint density at radius 3 is 2.60 bits per heavy atom. The van der Waals surface area contributed by atoms with E-state index in [1.165, 1.54) is 0 Å². The molecule has 1 fully saturated rings. The van der Waals surface area contributed by atoms with Gasteiger partial charge in [0.15, 0.2) is 0 Å². The number of imide groups is 1. The Morgan fingerprint density at radius 1 is 1.20 bits per heavy atom. The van der Waals surface area contributed by atoms with Crippen molar-refractivity contribution in [2.45, 2.75) is 33.3 Å². The zero-order valence-corrected chi connectivity index (χ0v) is 17.3.